The van der Waals surface area contributed by atoms with Gasteiger partial charge in [-0.05, 0) is 41.1 Å². The van der Waals surface area contributed by atoms with E-state index in [4.69, 9.17) is 10.5 Å². The molecule has 2 aromatic carbocycles. The first kappa shape index (κ1) is 12.0. The third-order valence-electron chi connectivity index (χ3n) is 2.76. The summed E-state index contributed by atoms with van der Waals surface area (Å²) in [5.41, 5.74) is 5.62. The molecule has 0 fully saturated rings. The van der Waals surface area contributed by atoms with E-state index >= 15 is 0 Å². The molecule has 1 aromatic heterocycles. The summed E-state index contributed by atoms with van der Waals surface area (Å²) in [4.78, 5) is 3.93. The summed E-state index contributed by atoms with van der Waals surface area (Å²) in [5.74, 6) is 1.91. The Balaban J connectivity index is 1.95. The molecule has 0 atom stereocenters. The SMILES string of the molecule is Nc1cc(Oc2ccc3cc(Br)ccc3c2)ccn1. The van der Waals surface area contributed by atoms with Gasteiger partial charge in [0, 0.05) is 16.7 Å². The number of nitrogen functional groups attached to an aromatic ring is 1. The average Bonchev–Trinajstić information content (AvgIpc) is 2.39. The average molecular weight is 315 g/mol. The number of hydrogen-bond acceptors (Lipinski definition) is 3. The Morgan fingerprint density at radius 3 is 2.47 bits per heavy atom. The van der Waals surface area contributed by atoms with Gasteiger partial charge in [-0.25, -0.2) is 4.98 Å². The molecule has 0 spiro atoms. The van der Waals surface area contributed by atoms with Gasteiger partial charge in [-0.2, -0.15) is 0 Å². The van der Waals surface area contributed by atoms with Crippen LogP contribution in [0.1, 0.15) is 0 Å². The van der Waals surface area contributed by atoms with E-state index < -0.39 is 0 Å². The second-order valence-electron chi connectivity index (χ2n) is 4.17. The van der Waals surface area contributed by atoms with Crippen molar-refractivity contribution < 1.29 is 4.74 Å². The molecule has 0 aliphatic rings. The number of nitrogens with zero attached hydrogens (tertiary/aromatic N) is 1. The fraction of sp³-hybridized carbons (Fsp3) is 0. The summed E-state index contributed by atoms with van der Waals surface area (Å²) in [6.45, 7) is 0. The monoisotopic (exact) mass is 314 g/mol. The number of anilines is 1. The van der Waals surface area contributed by atoms with Crippen molar-refractivity contribution in [2.24, 2.45) is 0 Å². The van der Waals surface area contributed by atoms with E-state index in [0.29, 0.717) is 11.6 Å². The number of nitrogens with two attached hydrogens (primary N) is 1. The van der Waals surface area contributed by atoms with Gasteiger partial charge in [-0.15, -0.1) is 0 Å². The normalized spacial score (nSPS) is 10.6. The number of ether oxygens (including phenoxy) is 1. The minimum Gasteiger partial charge on any atom is -0.457 e. The fourth-order valence-electron chi connectivity index (χ4n) is 1.89. The topological polar surface area (TPSA) is 48.1 Å². The van der Waals surface area contributed by atoms with Gasteiger partial charge in [-0.1, -0.05) is 28.1 Å². The zero-order valence-corrected chi connectivity index (χ0v) is 11.6. The molecule has 3 aromatic rings. The highest BCUT2D eigenvalue weighted by Gasteiger charge is 2.01. The van der Waals surface area contributed by atoms with Crippen LogP contribution in [0, 0.1) is 0 Å². The van der Waals surface area contributed by atoms with E-state index in [0.717, 1.165) is 21.0 Å². The second-order valence-corrected chi connectivity index (χ2v) is 5.09. The molecule has 1 heterocycles. The first-order valence-electron chi connectivity index (χ1n) is 5.79. The van der Waals surface area contributed by atoms with E-state index in [1.54, 1.807) is 18.3 Å². The van der Waals surface area contributed by atoms with Crippen molar-refractivity contribution in [3.05, 3.63) is 59.2 Å². The Morgan fingerprint density at radius 2 is 1.63 bits per heavy atom. The van der Waals surface area contributed by atoms with Crippen LogP contribution in [0.4, 0.5) is 5.82 Å². The van der Waals surface area contributed by atoms with Crippen LogP contribution in [-0.2, 0) is 0 Å². The lowest BCUT2D eigenvalue weighted by Gasteiger charge is -2.07. The zero-order valence-electron chi connectivity index (χ0n) is 10.0. The van der Waals surface area contributed by atoms with Gasteiger partial charge in [0.05, 0.1) is 0 Å². The predicted octanol–water partition coefficient (Wildman–Crippen LogP) is 4.37. The number of pyridine rings is 1. The Bertz CT molecular complexity index is 743. The van der Waals surface area contributed by atoms with Crippen LogP contribution >= 0.6 is 15.9 Å². The molecule has 0 aliphatic carbocycles. The highest BCUT2D eigenvalue weighted by atomic mass is 79.9. The molecule has 2 N–H and O–H groups in total. The number of hydrogen-bond donors (Lipinski definition) is 1. The molecule has 0 aliphatic heterocycles. The third-order valence-corrected chi connectivity index (χ3v) is 3.26. The number of aromatic nitrogens is 1. The molecule has 94 valence electrons. The smallest absolute Gasteiger partial charge is 0.132 e. The first-order chi connectivity index (χ1) is 9.20. The molecule has 0 unspecified atom stereocenters. The number of fused-ring (bicyclic) bond motifs is 1. The number of benzene rings is 2. The van der Waals surface area contributed by atoms with Crippen LogP contribution in [-0.4, -0.2) is 4.98 Å². The maximum Gasteiger partial charge on any atom is 0.132 e. The van der Waals surface area contributed by atoms with Crippen molar-refractivity contribution in [2.75, 3.05) is 5.73 Å². The maximum absolute atomic E-state index is 5.77. The van der Waals surface area contributed by atoms with Crippen LogP contribution in [0.25, 0.3) is 10.8 Å². The summed E-state index contributed by atoms with van der Waals surface area (Å²) in [7, 11) is 0. The standard InChI is InChI=1S/C15H11BrN2O/c16-12-3-1-11-8-13(4-2-10(11)7-12)19-14-5-6-18-15(17)9-14/h1-9H,(H2,17,18). The van der Waals surface area contributed by atoms with E-state index in [1.807, 2.05) is 30.3 Å². The van der Waals surface area contributed by atoms with Crippen molar-refractivity contribution in [1.29, 1.82) is 0 Å². The Hall–Kier alpha value is -2.07. The summed E-state index contributed by atoms with van der Waals surface area (Å²) in [6.07, 6.45) is 1.63. The molecule has 0 amide bonds. The fourth-order valence-corrected chi connectivity index (χ4v) is 2.26. The lowest BCUT2D eigenvalue weighted by Crippen LogP contribution is -1.90. The molecule has 0 saturated carbocycles. The maximum atomic E-state index is 5.77. The van der Waals surface area contributed by atoms with Gasteiger partial charge in [0.15, 0.2) is 0 Å². The third kappa shape index (κ3) is 2.69. The lowest BCUT2D eigenvalue weighted by atomic mass is 10.1. The number of halogens is 1. The summed E-state index contributed by atoms with van der Waals surface area (Å²) < 4.78 is 6.83. The molecule has 0 bridgehead atoms. The van der Waals surface area contributed by atoms with Crippen molar-refractivity contribution in [3.8, 4) is 11.5 Å². The van der Waals surface area contributed by atoms with Crippen LogP contribution in [0.2, 0.25) is 0 Å². The van der Waals surface area contributed by atoms with Crippen molar-refractivity contribution in [1.82, 2.24) is 4.98 Å². The molecule has 3 rings (SSSR count). The van der Waals surface area contributed by atoms with E-state index in [2.05, 4.69) is 27.0 Å². The van der Waals surface area contributed by atoms with Gasteiger partial charge >= 0.3 is 0 Å². The second kappa shape index (κ2) is 4.90. The van der Waals surface area contributed by atoms with Gasteiger partial charge < -0.3 is 10.5 Å². The van der Waals surface area contributed by atoms with Gasteiger partial charge in [0.2, 0.25) is 0 Å². The van der Waals surface area contributed by atoms with E-state index in [1.165, 1.54) is 0 Å². The minimum absolute atomic E-state index is 0.446. The van der Waals surface area contributed by atoms with Crippen LogP contribution < -0.4 is 10.5 Å². The van der Waals surface area contributed by atoms with Crippen molar-refractivity contribution >= 4 is 32.5 Å². The Morgan fingerprint density at radius 1 is 0.895 bits per heavy atom. The van der Waals surface area contributed by atoms with Gasteiger partial charge in [0.25, 0.3) is 0 Å². The number of rotatable bonds is 2. The van der Waals surface area contributed by atoms with Crippen molar-refractivity contribution in [2.45, 2.75) is 0 Å². The van der Waals surface area contributed by atoms with Gasteiger partial charge in [0.1, 0.15) is 17.3 Å². The molecule has 19 heavy (non-hydrogen) atoms. The van der Waals surface area contributed by atoms with Crippen LogP contribution in [0.3, 0.4) is 0 Å². The summed E-state index contributed by atoms with van der Waals surface area (Å²) >= 11 is 3.46. The molecule has 0 saturated heterocycles. The predicted molar refractivity (Wildman–Crippen MR) is 80.4 cm³/mol. The van der Waals surface area contributed by atoms with Gasteiger partial charge in [-0.3, -0.25) is 0 Å². The molecule has 0 radical (unpaired) electrons. The Kier molecular flexibility index (Phi) is 3.09. The quantitative estimate of drug-likeness (QED) is 0.764. The lowest BCUT2D eigenvalue weighted by molar-refractivity contribution is 0.483. The Labute approximate surface area is 119 Å². The minimum atomic E-state index is 0.446. The summed E-state index contributed by atoms with van der Waals surface area (Å²) in [5, 5.41) is 2.29. The highest BCUT2D eigenvalue weighted by molar-refractivity contribution is 9.10. The molecule has 3 nitrogen and oxygen atoms in total. The summed E-state index contributed by atoms with van der Waals surface area (Å²) in [6, 6.07) is 15.6. The van der Waals surface area contributed by atoms with E-state index in [9.17, 15) is 0 Å². The van der Waals surface area contributed by atoms with Crippen molar-refractivity contribution in [3.63, 3.8) is 0 Å². The van der Waals surface area contributed by atoms with E-state index in [-0.39, 0.29) is 0 Å². The largest absolute Gasteiger partial charge is 0.457 e. The first-order valence-corrected chi connectivity index (χ1v) is 6.59. The molecular formula is C15H11BrN2O. The van der Waals surface area contributed by atoms with Crippen LogP contribution in [0.15, 0.2) is 59.2 Å². The highest BCUT2D eigenvalue weighted by Crippen LogP contribution is 2.27. The molecular weight excluding hydrogens is 304 g/mol. The van der Waals surface area contributed by atoms with Crippen LogP contribution in [0.5, 0.6) is 11.5 Å². The zero-order chi connectivity index (χ0) is 13.2. The molecule has 4 heteroatoms.